The summed E-state index contributed by atoms with van der Waals surface area (Å²) in [7, 11) is 0. The lowest BCUT2D eigenvalue weighted by Crippen LogP contribution is -2.31. The number of amides is 4. The van der Waals surface area contributed by atoms with Crippen LogP contribution in [0.2, 0.25) is 0 Å². The number of thioether (sulfide) groups is 1. The quantitative estimate of drug-likeness (QED) is 0.179. The first-order chi connectivity index (χ1) is 21.4. The lowest BCUT2D eigenvalue weighted by molar-refractivity contribution is -0.117. The molecule has 44 heavy (non-hydrogen) atoms. The maximum Gasteiger partial charge on any atom is 0.272 e. The summed E-state index contributed by atoms with van der Waals surface area (Å²) in [4.78, 5) is 51.5. The zero-order valence-electron chi connectivity index (χ0n) is 23.2. The molecule has 4 amide bonds. The molecule has 0 atom stereocenters. The van der Waals surface area contributed by atoms with Gasteiger partial charge < -0.3 is 16.0 Å². The second kappa shape index (κ2) is 14.1. The third kappa shape index (κ3) is 7.84. The number of amidine groups is 1. The zero-order valence-corrected chi connectivity index (χ0v) is 24.0. The zero-order chi connectivity index (χ0) is 30.9. The highest BCUT2D eigenvalue weighted by Crippen LogP contribution is 2.22. The number of hydrogen-bond donors (Lipinski definition) is 3. The highest BCUT2D eigenvalue weighted by molar-refractivity contribution is 8.00. The molecule has 0 aliphatic carbocycles. The van der Waals surface area contributed by atoms with Crippen molar-refractivity contribution in [3.8, 4) is 0 Å². The van der Waals surface area contributed by atoms with Gasteiger partial charge in [-0.1, -0.05) is 54.6 Å². The van der Waals surface area contributed by atoms with E-state index in [2.05, 4.69) is 21.1 Å². The van der Waals surface area contributed by atoms with Gasteiger partial charge in [0.25, 0.3) is 17.7 Å². The summed E-state index contributed by atoms with van der Waals surface area (Å²) in [6.07, 6.45) is 1.27. The van der Waals surface area contributed by atoms with E-state index in [0.29, 0.717) is 16.9 Å². The fourth-order valence-corrected chi connectivity index (χ4v) is 4.84. The number of para-hydroxylation sites is 1. The van der Waals surface area contributed by atoms with Crippen LogP contribution in [0.25, 0.3) is 6.08 Å². The topological polar surface area (TPSA) is 120 Å². The van der Waals surface area contributed by atoms with Gasteiger partial charge in [-0.25, -0.2) is 4.39 Å². The van der Waals surface area contributed by atoms with Crippen LogP contribution in [-0.4, -0.2) is 35.2 Å². The number of carbonyl (C=O) groups excluding carboxylic acids is 4. The third-order valence-corrected chi connectivity index (χ3v) is 7.29. The molecule has 1 aliphatic heterocycles. The van der Waals surface area contributed by atoms with Gasteiger partial charge in [-0.2, -0.15) is 10.1 Å². The van der Waals surface area contributed by atoms with Gasteiger partial charge in [-0.15, -0.1) is 11.8 Å². The average Bonchev–Trinajstić information content (AvgIpc) is 3.41. The number of rotatable bonds is 9. The van der Waals surface area contributed by atoms with E-state index in [1.54, 1.807) is 84.9 Å². The molecule has 3 N–H and O–H groups in total. The second-order valence-corrected chi connectivity index (χ2v) is 10.5. The van der Waals surface area contributed by atoms with Crippen molar-refractivity contribution in [1.29, 1.82) is 0 Å². The number of hydrazone groups is 1. The highest BCUT2D eigenvalue weighted by atomic mass is 32.2. The Morgan fingerprint density at radius 3 is 2.20 bits per heavy atom. The number of carbonyl (C=O) groups is 4. The molecule has 0 saturated heterocycles. The third-order valence-electron chi connectivity index (χ3n) is 6.28. The van der Waals surface area contributed by atoms with Crippen molar-refractivity contribution in [3.63, 3.8) is 0 Å². The molecule has 220 valence electrons. The summed E-state index contributed by atoms with van der Waals surface area (Å²) in [6.45, 7) is 0. The van der Waals surface area contributed by atoms with Gasteiger partial charge in [-0.3, -0.25) is 19.2 Å². The summed E-state index contributed by atoms with van der Waals surface area (Å²) in [5.74, 6) is -1.90. The Labute approximate surface area is 256 Å². The van der Waals surface area contributed by atoms with Crippen LogP contribution in [0.15, 0.2) is 125 Å². The first-order valence-corrected chi connectivity index (χ1v) is 14.5. The van der Waals surface area contributed by atoms with Gasteiger partial charge in [0, 0.05) is 21.7 Å². The Kier molecular flexibility index (Phi) is 9.57. The second-order valence-electron chi connectivity index (χ2n) is 9.48. The monoisotopic (exact) mass is 607 g/mol. The molecule has 4 aromatic rings. The van der Waals surface area contributed by atoms with Crippen molar-refractivity contribution >= 4 is 58.7 Å². The first kappa shape index (κ1) is 29.9. The van der Waals surface area contributed by atoms with Crippen LogP contribution in [0, 0.1) is 5.82 Å². The van der Waals surface area contributed by atoms with Crippen LogP contribution in [0.5, 0.6) is 0 Å². The maximum atomic E-state index is 14.3. The van der Waals surface area contributed by atoms with Crippen LogP contribution in [0.3, 0.4) is 0 Å². The van der Waals surface area contributed by atoms with Crippen molar-refractivity contribution in [2.45, 2.75) is 11.3 Å². The predicted octanol–water partition coefficient (Wildman–Crippen LogP) is 5.19. The molecular weight excluding hydrogens is 581 g/mol. The van der Waals surface area contributed by atoms with E-state index in [-0.39, 0.29) is 41.1 Å². The van der Waals surface area contributed by atoms with Gasteiger partial charge >= 0.3 is 0 Å². The molecule has 0 bridgehead atoms. The first-order valence-electron chi connectivity index (χ1n) is 13.5. The Bertz CT molecular complexity index is 1750. The number of anilines is 2. The number of hydrogen-bond acceptors (Lipinski definition) is 6. The molecule has 0 spiro atoms. The molecule has 1 aliphatic rings. The normalized spacial score (nSPS) is 12.8. The summed E-state index contributed by atoms with van der Waals surface area (Å²) >= 11 is 1.26. The molecule has 4 aromatic carbocycles. The fraction of sp³-hybridized carbons (Fsp3) is 0.0606. The summed E-state index contributed by atoms with van der Waals surface area (Å²) in [5.41, 5.74) is 1.38. The number of benzene rings is 4. The van der Waals surface area contributed by atoms with Gasteiger partial charge in [0.2, 0.25) is 5.91 Å². The van der Waals surface area contributed by atoms with Gasteiger partial charge in [0.05, 0.1) is 17.9 Å². The van der Waals surface area contributed by atoms with Gasteiger partial charge in [0.1, 0.15) is 17.3 Å². The number of nitrogens with one attached hydrogen (secondary N) is 3. The van der Waals surface area contributed by atoms with Crippen LogP contribution < -0.4 is 21.0 Å². The Morgan fingerprint density at radius 1 is 0.841 bits per heavy atom. The molecule has 0 radical (unpaired) electrons. The Morgan fingerprint density at radius 2 is 1.50 bits per heavy atom. The van der Waals surface area contributed by atoms with Crippen LogP contribution in [0.4, 0.5) is 15.8 Å². The summed E-state index contributed by atoms with van der Waals surface area (Å²) in [6, 6.07) is 30.0. The largest absolute Gasteiger partial charge is 0.321 e. The van der Waals surface area contributed by atoms with Crippen molar-refractivity contribution in [2.75, 3.05) is 16.1 Å². The molecule has 0 aromatic heterocycles. The van der Waals surface area contributed by atoms with Crippen LogP contribution in [0.1, 0.15) is 22.3 Å². The smallest absolute Gasteiger partial charge is 0.272 e. The molecule has 0 saturated carbocycles. The number of halogens is 1. The maximum absolute atomic E-state index is 14.3. The predicted molar refractivity (Wildman–Crippen MR) is 168 cm³/mol. The van der Waals surface area contributed by atoms with E-state index in [1.807, 2.05) is 6.07 Å². The minimum Gasteiger partial charge on any atom is -0.321 e. The molecule has 0 unspecified atom stereocenters. The van der Waals surface area contributed by atoms with Gasteiger partial charge in [-0.05, 0) is 60.7 Å². The van der Waals surface area contributed by atoms with E-state index >= 15 is 0 Å². The van der Waals surface area contributed by atoms with Crippen molar-refractivity contribution in [2.24, 2.45) is 5.10 Å². The molecule has 9 nitrogen and oxygen atoms in total. The fourth-order valence-electron chi connectivity index (χ4n) is 4.14. The Balaban J connectivity index is 1.19. The van der Waals surface area contributed by atoms with Crippen molar-refractivity contribution in [3.05, 3.63) is 132 Å². The van der Waals surface area contributed by atoms with Crippen molar-refractivity contribution < 1.29 is 23.6 Å². The lowest BCUT2D eigenvalue weighted by Gasteiger charge is -2.12. The van der Waals surface area contributed by atoms with E-state index < -0.39 is 17.6 Å². The van der Waals surface area contributed by atoms with Crippen molar-refractivity contribution in [1.82, 2.24) is 10.6 Å². The standard InChI is InChI=1S/C33H26FN5O4S/c34-27-14-8-7-11-23(27)19-28(36-32(42)22-9-3-1-4-10-22)33(43)35-24-15-17-26(18-16-24)44-21-30(40)37-29-20-31(41)39(38-29)25-12-5-2-6-13-25/h1-19H,20-21H2,(H,35,43)(H,36,42)(H,37,38,40)/b28-19-. The highest BCUT2D eigenvalue weighted by Gasteiger charge is 2.26. The summed E-state index contributed by atoms with van der Waals surface area (Å²) < 4.78 is 14.3. The van der Waals surface area contributed by atoms with E-state index in [1.165, 1.54) is 41.0 Å². The van der Waals surface area contributed by atoms with E-state index in [9.17, 15) is 23.6 Å². The molecule has 0 fully saturated rings. The van der Waals surface area contributed by atoms with Crippen LogP contribution in [-0.2, 0) is 14.4 Å². The lowest BCUT2D eigenvalue weighted by atomic mass is 10.1. The van der Waals surface area contributed by atoms with E-state index in [4.69, 9.17) is 0 Å². The molecular formula is C33H26FN5O4S. The Hall–Kier alpha value is -5.55. The van der Waals surface area contributed by atoms with Gasteiger partial charge in [0.15, 0.2) is 0 Å². The average molecular weight is 608 g/mol. The minimum absolute atomic E-state index is 0.00114. The molecule has 11 heteroatoms. The van der Waals surface area contributed by atoms with Crippen LogP contribution >= 0.6 is 11.8 Å². The minimum atomic E-state index is -0.645. The number of nitrogens with zero attached hydrogens (tertiary/aromatic N) is 2. The summed E-state index contributed by atoms with van der Waals surface area (Å²) in [5, 5.41) is 13.5. The molecule has 5 rings (SSSR count). The van der Waals surface area contributed by atoms with E-state index in [0.717, 1.165) is 4.90 Å². The SMILES string of the molecule is O=C(CSc1ccc(NC(=O)/C(=C/c2ccccc2F)NC(=O)c2ccccc2)cc1)NC1=NN(c2ccccc2)C(=O)C1. The molecule has 1 heterocycles.